The standard InChI is InChI=1S/C12H15NO3S/c1-2-8(6-17-7-11(14)15)9-4-3-5-10(13)12(9)16/h3-6,16H,2,7,13H2,1H3,(H,14,15)/b8-6+. The Morgan fingerprint density at radius 1 is 1.53 bits per heavy atom. The van der Waals surface area contributed by atoms with Crippen LogP contribution in [-0.2, 0) is 4.79 Å². The molecule has 0 saturated carbocycles. The molecule has 17 heavy (non-hydrogen) atoms. The van der Waals surface area contributed by atoms with Crippen LogP contribution in [0.1, 0.15) is 18.9 Å². The first-order valence-corrected chi connectivity index (χ1v) is 6.21. The zero-order valence-electron chi connectivity index (χ0n) is 9.51. The van der Waals surface area contributed by atoms with E-state index >= 15 is 0 Å². The highest BCUT2D eigenvalue weighted by molar-refractivity contribution is 8.02. The lowest BCUT2D eigenvalue weighted by molar-refractivity contribution is -0.133. The Kier molecular flexibility index (Phi) is 4.90. The summed E-state index contributed by atoms with van der Waals surface area (Å²) in [4.78, 5) is 10.4. The number of carbonyl (C=O) groups is 1. The smallest absolute Gasteiger partial charge is 0.313 e. The van der Waals surface area contributed by atoms with Crippen molar-refractivity contribution in [3.8, 4) is 5.75 Å². The molecule has 0 spiro atoms. The van der Waals surface area contributed by atoms with Crippen molar-refractivity contribution in [2.24, 2.45) is 0 Å². The largest absolute Gasteiger partial charge is 0.505 e. The van der Waals surface area contributed by atoms with Crippen molar-refractivity contribution < 1.29 is 15.0 Å². The van der Waals surface area contributed by atoms with Gasteiger partial charge in [-0.3, -0.25) is 4.79 Å². The quantitative estimate of drug-likeness (QED) is 0.555. The number of para-hydroxylation sites is 1. The number of carboxylic acids is 1. The van der Waals surface area contributed by atoms with Gasteiger partial charge in [-0.1, -0.05) is 19.1 Å². The predicted molar refractivity (Wildman–Crippen MR) is 70.9 cm³/mol. The van der Waals surface area contributed by atoms with Gasteiger partial charge in [-0.15, -0.1) is 11.8 Å². The van der Waals surface area contributed by atoms with Crippen molar-refractivity contribution in [2.45, 2.75) is 13.3 Å². The number of aromatic hydroxyl groups is 1. The Balaban J connectivity index is 2.93. The molecule has 1 aromatic rings. The van der Waals surface area contributed by atoms with E-state index in [1.54, 1.807) is 23.6 Å². The normalized spacial score (nSPS) is 11.5. The Labute approximate surface area is 104 Å². The van der Waals surface area contributed by atoms with Gasteiger partial charge in [-0.05, 0) is 23.5 Å². The summed E-state index contributed by atoms with van der Waals surface area (Å²) in [6.45, 7) is 1.94. The number of allylic oxidation sites excluding steroid dienone is 1. The van der Waals surface area contributed by atoms with Crippen LogP contribution in [0.5, 0.6) is 5.75 Å². The summed E-state index contributed by atoms with van der Waals surface area (Å²) in [7, 11) is 0. The maximum Gasteiger partial charge on any atom is 0.313 e. The molecular weight excluding hydrogens is 238 g/mol. The zero-order chi connectivity index (χ0) is 12.8. The highest BCUT2D eigenvalue weighted by atomic mass is 32.2. The Hall–Kier alpha value is -1.62. The average molecular weight is 253 g/mol. The number of rotatable bonds is 5. The molecule has 0 saturated heterocycles. The van der Waals surface area contributed by atoms with E-state index in [0.29, 0.717) is 17.7 Å². The molecule has 0 aliphatic carbocycles. The minimum atomic E-state index is -0.862. The van der Waals surface area contributed by atoms with E-state index in [1.165, 1.54) is 11.8 Å². The fourth-order valence-corrected chi connectivity index (χ4v) is 2.09. The molecule has 92 valence electrons. The van der Waals surface area contributed by atoms with Crippen molar-refractivity contribution in [1.82, 2.24) is 0 Å². The molecule has 0 radical (unpaired) electrons. The summed E-state index contributed by atoms with van der Waals surface area (Å²) in [5.41, 5.74) is 7.47. The van der Waals surface area contributed by atoms with Crippen molar-refractivity contribution >= 4 is 29.0 Å². The summed E-state index contributed by atoms with van der Waals surface area (Å²) in [5.74, 6) is -0.804. The minimum Gasteiger partial charge on any atom is -0.505 e. The summed E-state index contributed by atoms with van der Waals surface area (Å²) >= 11 is 1.19. The Morgan fingerprint density at radius 2 is 2.24 bits per heavy atom. The molecule has 5 heteroatoms. The molecule has 1 rings (SSSR count). The van der Waals surface area contributed by atoms with E-state index in [-0.39, 0.29) is 11.5 Å². The topological polar surface area (TPSA) is 83.5 Å². The third-order valence-electron chi connectivity index (χ3n) is 2.23. The van der Waals surface area contributed by atoms with Crippen LogP contribution in [0, 0.1) is 0 Å². The number of hydrogen-bond donors (Lipinski definition) is 3. The fourth-order valence-electron chi connectivity index (χ4n) is 1.37. The fraction of sp³-hybridized carbons (Fsp3) is 0.250. The van der Waals surface area contributed by atoms with E-state index in [2.05, 4.69) is 0 Å². The minimum absolute atomic E-state index is 0.00653. The second kappa shape index (κ2) is 6.20. The van der Waals surface area contributed by atoms with Gasteiger partial charge in [0, 0.05) is 5.56 Å². The predicted octanol–water partition coefficient (Wildman–Crippen LogP) is 2.54. The first kappa shape index (κ1) is 13.4. The van der Waals surface area contributed by atoms with Crippen LogP contribution in [0.3, 0.4) is 0 Å². The Bertz CT molecular complexity index is 443. The summed E-state index contributed by atoms with van der Waals surface area (Å²) in [6.07, 6.45) is 0.698. The van der Waals surface area contributed by atoms with Gasteiger partial charge in [0.1, 0.15) is 5.75 Å². The zero-order valence-corrected chi connectivity index (χ0v) is 10.3. The molecule has 0 heterocycles. The van der Waals surface area contributed by atoms with Crippen molar-refractivity contribution in [3.05, 3.63) is 29.2 Å². The second-order valence-electron chi connectivity index (χ2n) is 3.44. The van der Waals surface area contributed by atoms with E-state index in [0.717, 1.165) is 5.57 Å². The SMILES string of the molecule is CC/C(=C\SCC(=O)O)c1cccc(N)c1O. The second-order valence-corrected chi connectivity index (χ2v) is 4.30. The van der Waals surface area contributed by atoms with E-state index in [9.17, 15) is 9.90 Å². The highest BCUT2D eigenvalue weighted by Crippen LogP contribution is 2.33. The molecule has 0 fully saturated rings. The first-order chi connectivity index (χ1) is 8.06. The van der Waals surface area contributed by atoms with Gasteiger partial charge in [-0.25, -0.2) is 0 Å². The number of anilines is 1. The molecule has 0 aliphatic rings. The number of benzene rings is 1. The summed E-state index contributed by atoms with van der Waals surface area (Å²) < 4.78 is 0. The van der Waals surface area contributed by atoms with Gasteiger partial charge >= 0.3 is 5.97 Å². The Morgan fingerprint density at radius 3 is 2.82 bits per heavy atom. The van der Waals surface area contributed by atoms with Crippen LogP contribution in [0.2, 0.25) is 0 Å². The van der Waals surface area contributed by atoms with Crippen molar-refractivity contribution in [1.29, 1.82) is 0 Å². The van der Waals surface area contributed by atoms with Gasteiger partial charge in [0.05, 0.1) is 11.4 Å². The number of phenolic OH excluding ortho intramolecular Hbond substituents is 1. The molecule has 4 N–H and O–H groups in total. The van der Waals surface area contributed by atoms with Crippen LogP contribution >= 0.6 is 11.8 Å². The van der Waals surface area contributed by atoms with Crippen LogP contribution in [-0.4, -0.2) is 21.9 Å². The molecule has 0 amide bonds. The van der Waals surface area contributed by atoms with E-state index in [4.69, 9.17) is 10.8 Å². The van der Waals surface area contributed by atoms with Gasteiger partial charge in [0.2, 0.25) is 0 Å². The maximum absolute atomic E-state index is 10.4. The first-order valence-electron chi connectivity index (χ1n) is 5.16. The number of carboxylic acid groups (broad SMARTS) is 1. The van der Waals surface area contributed by atoms with Gasteiger partial charge < -0.3 is 15.9 Å². The van der Waals surface area contributed by atoms with Crippen LogP contribution < -0.4 is 5.73 Å². The molecular formula is C12H15NO3S. The molecule has 0 unspecified atom stereocenters. The van der Waals surface area contributed by atoms with Crippen LogP contribution in [0.4, 0.5) is 5.69 Å². The third kappa shape index (κ3) is 3.71. The van der Waals surface area contributed by atoms with Gasteiger partial charge in [0.15, 0.2) is 0 Å². The number of thioether (sulfide) groups is 1. The van der Waals surface area contributed by atoms with E-state index < -0.39 is 5.97 Å². The maximum atomic E-state index is 10.4. The lowest BCUT2D eigenvalue weighted by Gasteiger charge is -2.09. The van der Waals surface area contributed by atoms with Crippen molar-refractivity contribution in [3.63, 3.8) is 0 Å². The third-order valence-corrected chi connectivity index (χ3v) is 3.09. The van der Waals surface area contributed by atoms with Gasteiger partial charge in [-0.2, -0.15) is 0 Å². The van der Waals surface area contributed by atoms with Crippen LogP contribution in [0.25, 0.3) is 5.57 Å². The molecule has 0 aromatic heterocycles. The van der Waals surface area contributed by atoms with Gasteiger partial charge in [0.25, 0.3) is 0 Å². The van der Waals surface area contributed by atoms with Crippen molar-refractivity contribution in [2.75, 3.05) is 11.5 Å². The number of hydrogen-bond acceptors (Lipinski definition) is 4. The summed E-state index contributed by atoms with van der Waals surface area (Å²) in [6, 6.07) is 5.15. The summed E-state index contributed by atoms with van der Waals surface area (Å²) in [5, 5.41) is 20.1. The van der Waals surface area contributed by atoms with E-state index in [1.807, 2.05) is 6.92 Å². The average Bonchev–Trinajstić information content (AvgIpc) is 2.28. The van der Waals surface area contributed by atoms with Crippen LogP contribution in [0.15, 0.2) is 23.6 Å². The number of aliphatic carboxylic acids is 1. The molecule has 4 nitrogen and oxygen atoms in total. The lowest BCUT2D eigenvalue weighted by atomic mass is 10.0. The highest BCUT2D eigenvalue weighted by Gasteiger charge is 2.08. The lowest BCUT2D eigenvalue weighted by Crippen LogP contribution is -1.96. The monoisotopic (exact) mass is 253 g/mol. The number of nitrogens with two attached hydrogens (primary N) is 1. The molecule has 1 aromatic carbocycles. The number of nitrogen functional groups attached to an aromatic ring is 1. The molecule has 0 bridgehead atoms. The number of phenols is 1. The molecule has 0 atom stereocenters. The molecule has 0 aliphatic heterocycles.